The Balaban J connectivity index is 3.24. The van der Waals surface area contributed by atoms with Crippen LogP contribution in [0.1, 0.15) is 25.1 Å². The minimum Gasteiger partial charge on any atom is -0.480 e. The minimum atomic E-state index is -1.41. The second kappa shape index (κ2) is 3.75. The van der Waals surface area contributed by atoms with Crippen molar-refractivity contribution in [2.75, 3.05) is 0 Å². The maximum absolute atomic E-state index is 10.9. The molecule has 0 aliphatic heterocycles. The predicted molar refractivity (Wildman–Crippen MR) is 52.8 cm³/mol. The van der Waals surface area contributed by atoms with Crippen LogP contribution in [0.4, 0.5) is 0 Å². The van der Waals surface area contributed by atoms with E-state index in [1.165, 1.54) is 6.92 Å². The first-order valence-electron chi connectivity index (χ1n) is 4.46. The van der Waals surface area contributed by atoms with Crippen LogP contribution < -0.4 is 5.73 Å². The monoisotopic (exact) mass is 194 g/mol. The average Bonchev–Trinajstić information content (AvgIpc) is 2.17. The molecule has 1 aromatic rings. The maximum atomic E-state index is 10.9. The Bertz CT molecular complexity index is 348. The van der Waals surface area contributed by atoms with E-state index >= 15 is 0 Å². The summed E-state index contributed by atoms with van der Waals surface area (Å²) in [5.74, 6) is -1.06. The number of aromatic nitrogens is 1. The average molecular weight is 194 g/mol. The van der Waals surface area contributed by atoms with Crippen molar-refractivity contribution >= 4 is 5.97 Å². The standard InChI is InChI=1S/C10H14N2O2/c1-3-7-5-4-6-12-8(7)10(2,11)9(13)14/h4-6H,3,11H2,1-2H3,(H,13,14). The van der Waals surface area contributed by atoms with Gasteiger partial charge in [-0.1, -0.05) is 13.0 Å². The van der Waals surface area contributed by atoms with Crippen LogP contribution in [-0.4, -0.2) is 16.1 Å². The Morgan fingerprint density at radius 3 is 2.86 bits per heavy atom. The van der Waals surface area contributed by atoms with Crippen LogP contribution in [0.2, 0.25) is 0 Å². The highest BCUT2D eigenvalue weighted by Gasteiger charge is 2.33. The zero-order valence-electron chi connectivity index (χ0n) is 8.32. The summed E-state index contributed by atoms with van der Waals surface area (Å²) in [4.78, 5) is 15.0. The van der Waals surface area contributed by atoms with Gasteiger partial charge in [0.05, 0.1) is 5.69 Å². The second-order valence-electron chi connectivity index (χ2n) is 3.37. The molecule has 0 bridgehead atoms. The third kappa shape index (κ3) is 1.75. The molecule has 4 heteroatoms. The molecular weight excluding hydrogens is 180 g/mol. The van der Waals surface area contributed by atoms with E-state index in [1.54, 1.807) is 12.3 Å². The zero-order chi connectivity index (χ0) is 10.8. The van der Waals surface area contributed by atoms with Gasteiger partial charge in [0, 0.05) is 6.20 Å². The van der Waals surface area contributed by atoms with Crippen molar-refractivity contribution in [3.05, 3.63) is 29.6 Å². The SMILES string of the molecule is CCc1cccnc1C(C)(N)C(=O)O. The fraction of sp³-hybridized carbons (Fsp3) is 0.400. The molecule has 0 saturated carbocycles. The van der Waals surface area contributed by atoms with Crippen LogP contribution in [0.25, 0.3) is 0 Å². The molecule has 0 saturated heterocycles. The molecule has 0 aliphatic carbocycles. The summed E-state index contributed by atoms with van der Waals surface area (Å²) in [5.41, 5.74) is 5.60. The molecule has 1 atom stereocenters. The molecule has 4 nitrogen and oxygen atoms in total. The van der Waals surface area contributed by atoms with Gasteiger partial charge in [0.25, 0.3) is 0 Å². The van der Waals surface area contributed by atoms with Gasteiger partial charge < -0.3 is 10.8 Å². The van der Waals surface area contributed by atoms with Crippen molar-refractivity contribution in [2.45, 2.75) is 25.8 Å². The Labute approximate surface area is 82.8 Å². The van der Waals surface area contributed by atoms with Crippen LogP contribution in [0.3, 0.4) is 0 Å². The predicted octanol–water partition coefficient (Wildman–Crippen LogP) is 0.903. The summed E-state index contributed by atoms with van der Waals surface area (Å²) < 4.78 is 0. The fourth-order valence-electron chi connectivity index (χ4n) is 1.29. The molecule has 0 fully saturated rings. The Morgan fingerprint density at radius 2 is 2.36 bits per heavy atom. The summed E-state index contributed by atoms with van der Waals surface area (Å²) >= 11 is 0. The van der Waals surface area contributed by atoms with Crippen molar-refractivity contribution in [2.24, 2.45) is 5.73 Å². The highest BCUT2D eigenvalue weighted by molar-refractivity contribution is 5.79. The smallest absolute Gasteiger partial charge is 0.329 e. The molecule has 1 unspecified atom stereocenters. The van der Waals surface area contributed by atoms with E-state index < -0.39 is 11.5 Å². The number of hydrogen-bond donors (Lipinski definition) is 2. The maximum Gasteiger partial charge on any atom is 0.329 e. The molecule has 1 rings (SSSR count). The molecule has 0 aromatic carbocycles. The number of carbonyl (C=O) groups is 1. The van der Waals surface area contributed by atoms with Crippen molar-refractivity contribution in [3.8, 4) is 0 Å². The van der Waals surface area contributed by atoms with Gasteiger partial charge in [0.15, 0.2) is 5.54 Å². The highest BCUT2D eigenvalue weighted by Crippen LogP contribution is 2.19. The third-order valence-electron chi connectivity index (χ3n) is 2.21. The number of pyridine rings is 1. The Hall–Kier alpha value is -1.42. The molecule has 0 spiro atoms. The molecule has 76 valence electrons. The number of nitrogens with zero attached hydrogens (tertiary/aromatic N) is 1. The largest absolute Gasteiger partial charge is 0.480 e. The van der Waals surface area contributed by atoms with E-state index in [1.807, 2.05) is 13.0 Å². The van der Waals surface area contributed by atoms with Gasteiger partial charge in [-0.15, -0.1) is 0 Å². The topological polar surface area (TPSA) is 76.2 Å². The van der Waals surface area contributed by atoms with E-state index in [4.69, 9.17) is 10.8 Å². The van der Waals surface area contributed by atoms with Crippen molar-refractivity contribution in [3.63, 3.8) is 0 Å². The lowest BCUT2D eigenvalue weighted by Crippen LogP contribution is -2.43. The summed E-state index contributed by atoms with van der Waals surface area (Å²) in [7, 11) is 0. The van der Waals surface area contributed by atoms with Crippen LogP contribution in [-0.2, 0) is 16.8 Å². The quantitative estimate of drug-likeness (QED) is 0.749. The number of hydrogen-bond acceptors (Lipinski definition) is 3. The lowest BCUT2D eigenvalue weighted by Gasteiger charge is -2.20. The summed E-state index contributed by atoms with van der Waals surface area (Å²) in [6, 6.07) is 3.62. The number of nitrogens with two attached hydrogens (primary N) is 1. The van der Waals surface area contributed by atoms with E-state index in [2.05, 4.69) is 4.98 Å². The van der Waals surface area contributed by atoms with Gasteiger partial charge in [0.2, 0.25) is 0 Å². The summed E-state index contributed by atoms with van der Waals surface area (Å²) in [5, 5.41) is 8.95. The normalized spacial score (nSPS) is 14.8. The number of aryl methyl sites for hydroxylation is 1. The Morgan fingerprint density at radius 1 is 1.71 bits per heavy atom. The lowest BCUT2D eigenvalue weighted by atomic mass is 9.93. The third-order valence-corrected chi connectivity index (χ3v) is 2.21. The Kier molecular flexibility index (Phi) is 2.86. The van der Waals surface area contributed by atoms with Crippen molar-refractivity contribution < 1.29 is 9.90 Å². The molecule has 0 aliphatic rings. The van der Waals surface area contributed by atoms with Gasteiger partial charge in [0.1, 0.15) is 0 Å². The van der Waals surface area contributed by atoms with Gasteiger partial charge in [-0.2, -0.15) is 0 Å². The van der Waals surface area contributed by atoms with E-state index in [0.29, 0.717) is 5.69 Å². The molecule has 3 N–H and O–H groups in total. The second-order valence-corrected chi connectivity index (χ2v) is 3.37. The first-order valence-corrected chi connectivity index (χ1v) is 4.46. The first kappa shape index (κ1) is 10.7. The van der Waals surface area contributed by atoms with Crippen LogP contribution in [0, 0.1) is 0 Å². The van der Waals surface area contributed by atoms with Crippen molar-refractivity contribution in [1.29, 1.82) is 0 Å². The number of rotatable bonds is 3. The molecule has 0 radical (unpaired) electrons. The molecule has 1 heterocycles. The lowest BCUT2D eigenvalue weighted by molar-refractivity contribution is -0.143. The zero-order valence-corrected chi connectivity index (χ0v) is 8.32. The van der Waals surface area contributed by atoms with E-state index in [9.17, 15) is 4.79 Å². The van der Waals surface area contributed by atoms with Gasteiger partial charge in [-0.25, -0.2) is 4.79 Å². The van der Waals surface area contributed by atoms with Crippen LogP contribution >= 0.6 is 0 Å². The van der Waals surface area contributed by atoms with Gasteiger partial charge >= 0.3 is 5.97 Å². The molecule has 0 amide bonds. The number of aliphatic carboxylic acids is 1. The van der Waals surface area contributed by atoms with Crippen LogP contribution in [0.5, 0.6) is 0 Å². The van der Waals surface area contributed by atoms with Crippen LogP contribution in [0.15, 0.2) is 18.3 Å². The fourth-order valence-corrected chi connectivity index (χ4v) is 1.29. The highest BCUT2D eigenvalue weighted by atomic mass is 16.4. The number of carboxylic acids is 1. The summed E-state index contributed by atoms with van der Waals surface area (Å²) in [6.45, 7) is 3.40. The number of carboxylic acid groups (broad SMARTS) is 1. The van der Waals surface area contributed by atoms with Crippen molar-refractivity contribution in [1.82, 2.24) is 4.98 Å². The van der Waals surface area contributed by atoms with Gasteiger partial charge in [-0.3, -0.25) is 4.98 Å². The van der Waals surface area contributed by atoms with Gasteiger partial charge in [-0.05, 0) is 25.0 Å². The first-order chi connectivity index (χ1) is 6.50. The molecule has 14 heavy (non-hydrogen) atoms. The minimum absolute atomic E-state index is 0.440. The molecular formula is C10H14N2O2. The van der Waals surface area contributed by atoms with E-state index in [0.717, 1.165) is 12.0 Å². The van der Waals surface area contributed by atoms with E-state index in [-0.39, 0.29) is 0 Å². The molecule has 1 aromatic heterocycles. The summed E-state index contributed by atoms with van der Waals surface area (Å²) in [6.07, 6.45) is 2.28.